The number of allylic oxidation sites excluding steroid dienone is 1. The SMILES string of the molecule is C=C1Nc2nc3ccc(C(=C)N(C)C4CCN(CCc5cc(F)cc(F)c5)CC4(C)C)cc3n2C[C@H](C)CCCCC(=NC)C(=CN)c2cc1cc(C)n2. The molecule has 8 nitrogen and oxygen atoms in total. The van der Waals surface area contributed by atoms with Crippen LogP contribution in [-0.4, -0.2) is 69.8 Å². The molecular formula is C44H56F2N8. The Morgan fingerprint density at radius 3 is 2.56 bits per heavy atom. The lowest BCUT2D eigenvalue weighted by atomic mass is 9.78. The maximum absolute atomic E-state index is 13.8. The number of pyridine rings is 1. The van der Waals surface area contributed by atoms with Crippen LogP contribution in [-0.2, 0) is 13.0 Å². The van der Waals surface area contributed by atoms with Crippen LogP contribution in [0.25, 0.3) is 28.0 Å². The molecule has 0 radical (unpaired) electrons. The Bertz CT molecular complexity index is 2070. The predicted octanol–water partition coefficient (Wildman–Crippen LogP) is 8.93. The molecule has 2 atom stereocenters. The minimum atomic E-state index is -0.525. The van der Waals surface area contributed by atoms with E-state index < -0.39 is 11.6 Å². The zero-order chi connectivity index (χ0) is 38.7. The first kappa shape index (κ1) is 38.9. The number of nitrogens with zero attached hydrogens (tertiary/aromatic N) is 6. The topological polar surface area (TPSA) is 87.6 Å². The van der Waals surface area contributed by atoms with E-state index >= 15 is 0 Å². The van der Waals surface area contributed by atoms with Crippen molar-refractivity contribution in [2.24, 2.45) is 22.1 Å². The van der Waals surface area contributed by atoms with Gasteiger partial charge in [0.15, 0.2) is 0 Å². The number of rotatable bonds is 6. The molecule has 10 heteroatoms. The van der Waals surface area contributed by atoms with Gasteiger partial charge >= 0.3 is 0 Å². The van der Waals surface area contributed by atoms with Crippen LogP contribution in [0, 0.1) is 29.9 Å². The summed E-state index contributed by atoms with van der Waals surface area (Å²) in [5, 5.41) is 3.57. The lowest BCUT2D eigenvalue weighted by molar-refractivity contribution is 0.0423. The quantitative estimate of drug-likeness (QED) is 0.206. The molecule has 4 aromatic rings. The van der Waals surface area contributed by atoms with Crippen molar-refractivity contribution in [3.05, 3.63) is 108 Å². The summed E-state index contributed by atoms with van der Waals surface area (Å²) in [5.41, 5.74) is 15.9. The molecule has 3 N–H and O–H groups in total. The second-order valence-corrected chi connectivity index (χ2v) is 16.0. The normalized spacial score (nSPS) is 21.4. The number of aliphatic imine (C=N–C) groups is 1. The third-order valence-corrected chi connectivity index (χ3v) is 11.3. The van der Waals surface area contributed by atoms with Crippen molar-refractivity contribution in [3.8, 4) is 0 Å². The number of aryl methyl sites for hydroxylation is 1. The van der Waals surface area contributed by atoms with Crippen molar-refractivity contribution < 1.29 is 8.78 Å². The summed E-state index contributed by atoms with van der Waals surface area (Å²) in [5.74, 6) is 0.105. The van der Waals surface area contributed by atoms with Crippen molar-refractivity contribution in [1.29, 1.82) is 0 Å². The van der Waals surface area contributed by atoms with Gasteiger partial charge in [0.1, 0.15) is 11.6 Å². The first-order valence-electron chi connectivity index (χ1n) is 19.2. The Kier molecular flexibility index (Phi) is 11.7. The second-order valence-electron chi connectivity index (χ2n) is 16.0. The molecule has 2 aromatic carbocycles. The highest BCUT2D eigenvalue weighted by Crippen LogP contribution is 2.37. The van der Waals surface area contributed by atoms with Crippen LogP contribution in [0.15, 0.2) is 72.9 Å². The molecule has 0 saturated carbocycles. The highest BCUT2D eigenvalue weighted by atomic mass is 19.1. The first-order valence-corrected chi connectivity index (χ1v) is 19.2. The van der Waals surface area contributed by atoms with E-state index in [0.29, 0.717) is 17.9 Å². The van der Waals surface area contributed by atoms with Crippen molar-refractivity contribution >= 4 is 39.7 Å². The lowest BCUT2D eigenvalue weighted by Crippen LogP contribution is -2.54. The molecule has 286 valence electrons. The van der Waals surface area contributed by atoms with Crippen molar-refractivity contribution in [2.45, 2.75) is 78.8 Å². The van der Waals surface area contributed by atoms with Gasteiger partial charge in [-0.25, -0.2) is 13.8 Å². The van der Waals surface area contributed by atoms with E-state index in [4.69, 9.17) is 15.7 Å². The second kappa shape index (κ2) is 16.3. The van der Waals surface area contributed by atoms with Gasteiger partial charge in [-0.1, -0.05) is 46.4 Å². The summed E-state index contributed by atoms with van der Waals surface area (Å²) in [4.78, 5) is 19.3. The molecule has 1 unspecified atom stereocenters. The Morgan fingerprint density at radius 2 is 1.85 bits per heavy atom. The Labute approximate surface area is 319 Å². The van der Waals surface area contributed by atoms with Gasteiger partial charge in [-0.15, -0.1) is 0 Å². The number of hydrogen-bond acceptors (Lipinski definition) is 7. The number of nitrogens with one attached hydrogen (secondary N) is 1. The van der Waals surface area contributed by atoms with Crippen molar-refractivity contribution in [3.63, 3.8) is 0 Å². The van der Waals surface area contributed by atoms with Crippen LogP contribution in [0.1, 0.15) is 81.0 Å². The van der Waals surface area contributed by atoms with E-state index in [0.717, 1.165) is 127 Å². The van der Waals surface area contributed by atoms with Crippen molar-refractivity contribution in [1.82, 2.24) is 24.3 Å². The van der Waals surface area contributed by atoms with E-state index in [-0.39, 0.29) is 11.5 Å². The highest BCUT2D eigenvalue weighted by molar-refractivity contribution is 6.23. The fraction of sp³-hybridized carbons (Fsp3) is 0.432. The molecular weight excluding hydrogens is 679 g/mol. The molecule has 0 amide bonds. The van der Waals surface area contributed by atoms with Gasteiger partial charge in [-0.05, 0) is 97.9 Å². The lowest BCUT2D eigenvalue weighted by Gasteiger charge is -2.49. The van der Waals surface area contributed by atoms with Gasteiger partial charge in [-0.2, -0.15) is 0 Å². The fourth-order valence-electron chi connectivity index (χ4n) is 8.45. The Hall–Kier alpha value is -4.83. The highest BCUT2D eigenvalue weighted by Gasteiger charge is 2.38. The predicted molar refractivity (Wildman–Crippen MR) is 220 cm³/mol. The van der Waals surface area contributed by atoms with Crippen LogP contribution in [0.2, 0.25) is 0 Å². The summed E-state index contributed by atoms with van der Waals surface area (Å²) in [6.45, 7) is 21.3. The number of benzene rings is 2. The molecule has 2 aliphatic rings. The standard InChI is InChI=1S/C44H56F2N8/c1-28-11-9-10-12-38(48-7)37(25-47)40-22-34(19-29(2)49-40)30(3)50-43-51-39-14-13-33(23-41(39)54(43)26-28)31(4)52(8)42-16-18-53(27-44(42,5)6)17-15-32-20-35(45)24-36(46)21-32/h13-14,19-25,28,42H,3-4,9-12,15-18,26-27,47H2,1-2,5-8H3,(H,50,51)/t28-,42?/m1/s1. The Morgan fingerprint density at radius 1 is 1.09 bits per heavy atom. The fourth-order valence-corrected chi connectivity index (χ4v) is 8.45. The molecule has 54 heavy (non-hydrogen) atoms. The van der Waals surface area contributed by atoms with Gasteiger partial charge in [0.05, 0.1) is 16.7 Å². The zero-order valence-electron chi connectivity index (χ0n) is 32.9. The smallest absolute Gasteiger partial charge is 0.208 e. The molecule has 1 fully saturated rings. The summed E-state index contributed by atoms with van der Waals surface area (Å²) in [6.07, 6.45) is 7.16. The number of hydrogen-bond donors (Lipinski definition) is 2. The zero-order valence-corrected chi connectivity index (χ0v) is 32.9. The van der Waals surface area contributed by atoms with Gasteiger partial charge in [0, 0.05) is 92.5 Å². The molecule has 6 rings (SSSR count). The molecule has 2 bridgehead atoms. The van der Waals surface area contributed by atoms with Gasteiger partial charge in [-0.3, -0.25) is 9.98 Å². The van der Waals surface area contributed by atoms with E-state index in [2.05, 4.69) is 83.9 Å². The largest absolute Gasteiger partial charge is 0.404 e. The molecule has 4 heterocycles. The molecule has 2 aliphatic heterocycles. The number of piperidine rings is 1. The summed E-state index contributed by atoms with van der Waals surface area (Å²) >= 11 is 0. The third kappa shape index (κ3) is 8.59. The third-order valence-electron chi connectivity index (χ3n) is 11.3. The van der Waals surface area contributed by atoms with Crippen molar-refractivity contribution in [2.75, 3.05) is 39.0 Å². The minimum absolute atomic E-state index is 0.0427. The van der Waals surface area contributed by atoms with Gasteiger partial charge in [0.25, 0.3) is 0 Å². The van der Waals surface area contributed by atoms with E-state index in [1.54, 1.807) is 6.20 Å². The summed E-state index contributed by atoms with van der Waals surface area (Å²) in [7, 11) is 3.98. The Balaban J connectivity index is 1.24. The van der Waals surface area contributed by atoms with Crippen LogP contribution in [0.5, 0.6) is 0 Å². The van der Waals surface area contributed by atoms with Crippen LogP contribution < -0.4 is 11.1 Å². The van der Waals surface area contributed by atoms with Gasteiger partial charge in [0.2, 0.25) is 5.95 Å². The van der Waals surface area contributed by atoms with Gasteiger partial charge < -0.3 is 25.4 Å². The molecule has 2 aromatic heterocycles. The van der Waals surface area contributed by atoms with Crippen LogP contribution in [0.3, 0.4) is 0 Å². The van der Waals surface area contributed by atoms with Crippen LogP contribution in [0.4, 0.5) is 14.7 Å². The van der Waals surface area contributed by atoms with Crippen LogP contribution >= 0.6 is 0 Å². The maximum atomic E-state index is 13.8. The molecule has 0 aliphatic carbocycles. The number of anilines is 1. The number of nitrogens with two attached hydrogens (primary N) is 1. The minimum Gasteiger partial charge on any atom is -0.404 e. The number of imidazole rings is 1. The average molecular weight is 735 g/mol. The monoisotopic (exact) mass is 734 g/mol. The van der Waals surface area contributed by atoms with E-state index in [1.807, 2.05) is 26.1 Å². The molecule has 0 spiro atoms. The molecule has 1 saturated heterocycles. The number of aromatic nitrogens is 3. The maximum Gasteiger partial charge on any atom is 0.208 e. The summed E-state index contributed by atoms with van der Waals surface area (Å²) < 4.78 is 29.9. The number of fused-ring (bicyclic) bond motifs is 5. The summed E-state index contributed by atoms with van der Waals surface area (Å²) in [6, 6.07) is 14.6. The van der Waals surface area contributed by atoms with E-state index in [1.165, 1.54) is 12.1 Å². The number of halogens is 2. The number of likely N-dealkylation sites (tertiary alicyclic amines) is 1. The first-order chi connectivity index (χ1) is 25.8. The van der Waals surface area contributed by atoms with E-state index in [9.17, 15) is 8.78 Å². The average Bonchev–Trinajstić information content (AvgIpc) is 3.45.